The molecule has 1 saturated heterocycles. The first-order valence-corrected chi connectivity index (χ1v) is 8.66. The van der Waals surface area contributed by atoms with Gasteiger partial charge in [-0.3, -0.25) is 9.89 Å². The second-order valence-electron chi connectivity index (χ2n) is 6.03. The van der Waals surface area contributed by atoms with Gasteiger partial charge >= 0.3 is 0 Å². The Kier molecular flexibility index (Phi) is 10.4. The monoisotopic (exact) mass is 449 g/mol. The van der Waals surface area contributed by atoms with Crippen molar-refractivity contribution < 1.29 is 4.42 Å². The van der Waals surface area contributed by atoms with Crippen molar-refractivity contribution in [1.82, 2.24) is 20.4 Å². The van der Waals surface area contributed by atoms with Crippen LogP contribution in [-0.2, 0) is 6.42 Å². The van der Waals surface area contributed by atoms with Gasteiger partial charge in [0.05, 0.1) is 6.26 Å². The van der Waals surface area contributed by atoms with E-state index in [4.69, 9.17) is 4.42 Å². The van der Waals surface area contributed by atoms with Crippen molar-refractivity contribution in [3.63, 3.8) is 0 Å². The van der Waals surface area contributed by atoms with Crippen molar-refractivity contribution >= 4 is 29.9 Å². The molecule has 1 fully saturated rings. The molecule has 1 aliphatic heterocycles. The average Bonchev–Trinajstić information content (AvgIpc) is 3.11. The highest BCUT2D eigenvalue weighted by Crippen LogP contribution is 2.05. The summed E-state index contributed by atoms with van der Waals surface area (Å²) in [6.07, 6.45) is 2.57. The van der Waals surface area contributed by atoms with E-state index in [1.807, 2.05) is 19.2 Å². The summed E-state index contributed by atoms with van der Waals surface area (Å²) >= 11 is 0. The largest absolute Gasteiger partial charge is 0.469 e. The summed E-state index contributed by atoms with van der Waals surface area (Å²) in [4.78, 5) is 9.34. The Bertz CT molecular complexity index is 458. The fraction of sp³-hybridized carbons (Fsp3) is 0.706. The second-order valence-corrected chi connectivity index (χ2v) is 6.03. The van der Waals surface area contributed by atoms with E-state index in [0.717, 1.165) is 50.9 Å². The lowest BCUT2D eigenvalue weighted by Crippen LogP contribution is -2.53. The lowest BCUT2D eigenvalue weighted by atomic mass is 10.2. The molecule has 138 valence electrons. The van der Waals surface area contributed by atoms with Crippen molar-refractivity contribution in [2.45, 2.75) is 26.3 Å². The van der Waals surface area contributed by atoms with E-state index in [-0.39, 0.29) is 24.0 Å². The van der Waals surface area contributed by atoms with E-state index in [9.17, 15) is 0 Å². The predicted octanol–water partition coefficient (Wildman–Crippen LogP) is 1.63. The molecule has 7 heteroatoms. The van der Waals surface area contributed by atoms with Gasteiger partial charge in [0.2, 0.25) is 0 Å². The Morgan fingerprint density at radius 1 is 1.29 bits per heavy atom. The standard InChI is InChI=1S/C17H31N5O.HI/c1-4-21-9-11-22(12-10-21)15(2)14-20-17(18-3)19-8-7-16-6-5-13-23-16;/h5-6,13,15H,4,7-12,14H2,1-3H3,(H2,18,19,20);1H. The van der Waals surface area contributed by atoms with Crippen molar-refractivity contribution in [2.24, 2.45) is 4.99 Å². The van der Waals surface area contributed by atoms with Gasteiger partial charge in [-0.1, -0.05) is 6.92 Å². The summed E-state index contributed by atoms with van der Waals surface area (Å²) in [6, 6.07) is 4.43. The number of piperazine rings is 1. The van der Waals surface area contributed by atoms with Crippen molar-refractivity contribution in [1.29, 1.82) is 0 Å². The normalized spacial score (nSPS) is 18.0. The highest BCUT2D eigenvalue weighted by Gasteiger charge is 2.20. The Hall–Kier alpha value is -0.800. The molecule has 0 bridgehead atoms. The van der Waals surface area contributed by atoms with E-state index in [0.29, 0.717) is 6.04 Å². The maximum atomic E-state index is 5.33. The molecule has 0 saturated carbocycles. The molecule has 1 aliphatic rings. The number of nitrogens with one attached hydrogen (secondary N) is 2. The molecule has 0 aliphatic carbocycles. The molecule has 6 nitrogen and oxygen atoms in total. The van der Waals surface area contributed by atoms with Crippen molar-refractivity contribution in [3.8, 4) is 0 Å². The minimum absolute atomic E-state index is 0. The molecule has 1 atom stereocenters. The van der Waals surface area contributed by atoms with Gasteiger partial charge in [-0.05, 0) is 25.6 Å². The van der Waals surface area contributed by atoms with Gasteiger partial charge < -0.3 is 20.0 Å². The Labute approximate surface area is 163 Å². The third-order valence-electron chi connectivity index (χ3n) is 4.51. The molecule has 1 aromatic rings. The Morgan fingerprint density at radius 2 is 2.04 bits per heavy atom. The number of rotatable bonds is 7. The topological polar surface area (TPSA) is 56.0 Å². The number of likely N-dealkylation sites (N-methyl/N-ethyl adjacent to an activating group) is 1. The van der Waals surface area contributed by atoms with Crippen LogP contribution in [0.15, 0.2) is 27.8 Å². The summed E-state index contributed by atoms with van der Waals surface area (Å²) in [7, 11) is 1.81. The quantitative estimate of drug-likeness (QED) is 0.377. The lowest BCUT2D eigenvalue weighted by molar-refractivity contribution is 0.107. The van der Waals surface area contributed by atoms with Crippen LogP contribution in [0, 0.1) is 0 Å². The molecule has 24 heavy (non-hydrogen) atoms. The highest BCUT2D eigenvalue weighted by atomic mass is 127. The molecule has 0 spiro atoms. The minimum atomic E-state index is 0. The Morgan fingerprint density at radius 3 is 2.62 bits per heavy atom. The van der Waals surface area contributed by atoms with Crippen LogP contribution in [0.2, 0.25) is 0 Å². The van der Waals surface area contributed by atoms with Crippen LogP contribution >= 0.6 is 24.0 Å². The maximum absolute atomic E-state index is 5.33. The third-order valence-corrected chi connectivity index (χ3v) is 4.51. The van der Waals surface area contributed by atoms with Gasteiger partial charge in [0.1, 0.15) is 5.76 Å². The van der Waals surface area contributed by atoms with Crippen LogP contribution in [0.5, 0.6) is 0 Å². The van der Waals surface area contributed by atoms with E-state index in [2.05, 4.69) is 39.3 Å². The maximum Gasteiger partial charge on any atom is 0.191 e. The number of nitrogens with zero attached hydrogens (tertiary/aromatic N) is 3. The fourth-order valence-electron chi connectivity index (χ4n) is 2.87. The van der Waals surface area contributed by atoms with Gasteiger partial charge in [0.25, 0.3) is 0 Å². The van der Waals surface area contributed by atoms with E-state index in [1.54, 1.807) is 6.26 Å². The van der Waals surface area contributed by atoms with E-state index >= 15 is 0 Å². The smallest absolute Gasteiger partial charge is 0.191 e. The number of furan rings is 1. The average molecular weight is 449 g/mol. The van der Waals surface area contributed by atoms with Crippen LogP contribution in [0.1, 0.15) is 19.6 Å². The van der Waals surface area contributed by atoms with Crippen LogP contribution in [-0.4, -0.2) is 74.7 Å². The SMILES string of the molecule is CCN1CCN(C(C)CNC(=NC)NCCc2ccco2)CC1.I. The summed E-state index contributed by atoms with van der Waals surface area (Å²) in [6.45, 7) is 12.1. The van der Waals surface area contributed by atoms with Gasteiger partial charge in [0, 0.05) is 58.8 Å². The predicted molar refractivity (Wildman–Crippen MR) is 110 cm³/mol. The van der Waals surface area contributed by atoms with Gasteiger partial charge in [-0.2, -0.15) is 0 Å². The molecule has 1 unspecified atom stereocenters. The van der Waals surface area contributed by atoms with Crippen molar-refractivity contribution in [3.05, 3.63) is 24.2 Å². The zero-order valence-corrected chi connectivity index (χ0v) is 17.5. The first kappa shape index (κ1) is 21.2. The molecule has 0 amide bonds. The molecule has 2 heterocycles. The van der Waals surface area contributed by atoms with Crippen molar-refractivity contribution in [2.75, 3.05) is 52.9 Å². The van der Waals surface area contributed by atoms with Gasteiger partial charge in [0.15, 0.2) is 5.96 Å². The molecule has 2 N–H and O–H groups in total. The first-order valence-electron chi connectivity index (χ1n) is 8.66. The zero-order chi connectivity index (χ0) is 16.5. The first-order chi connectivity index (χ1) is 11.2. The molecule has 1 aromatic heterocycles. The molecule has 2 rings (SSSR count). The molecular formula is C17H32IN5O. The number of halogens is 1. The van der Waals surface area contributed by atoms with Crippen LogP contribution in [0.3, 0.4) is 0 Å². The second kappa shape index (κ2) is 11.7. The molecule has 0 aromatic carbocycles. The summed E-state index contributed by atoms with van der Waals surface area (Å²) in [5, 5.41) is 6.76. The van der Waals surface area contributed by atoms with E-state index in [1.165, 1.54) is 13.1 Å². The molecule has 0 radical (unpaired) electrons. The summed E-state index contributed by atoms with van der Waals surface area (Å²) in [5.41, 5.74) is 0. The lowest BCUT2D eigenvalue weighted by Gasteiger charge is -2.37. The number of guanidine groups is 1. The third kappa shape index (κ3) is 6.98. The summed E-state index contributed by atoms with van der Waals surface area (Å²) in [5.74, 6) is 1.85. The minimum Gasteiger partial charge on any atom is -0.469 e. The Balaban J connectivity index is 0.00000288. The van der Waals surface area contributed by atoms with Crippen LogP contribution in [0.25, 0.3) is 0 Å². The highest BCUT2D eigenvalue weighted by molar-refractivity contribution is 14.0. The molecular weight excluding hydrogens is 417 g/mol. The van der Waals surface area contributed by atoms with E-state index < -0.39 is 0 Å². The van der Waals surface area contributed by atoms with Gasteiger partial charge in [-0.15, -0.1) is 24.0 Å². The zero-order valence-electron chi connectivity index (χ0n) is 15.1. The number of hydrogen-bond donors (Lipinski definition) is 2. The van der Waals surface area contributed by atoms with Crippen LogP contribution < -0.4 is 10.6 Å². The summed E-state index contributed by atoms with van der Waals surface area (Å²) < 4.78 is 5.33. The number of hydrogen-bond acceptors (Lipinski definition) is 4. The fourth-order valence-corrected chi connectivity index (χ4v) is 2.87. The van der Waals surface area contributed by atoms with Gasteiger partial charge in [-0.25, -0.2) is 0 Å². The number of aliphatic imine (C=N–C) groups is 1. The van der Waals surface area contributed by atoms with Crippen LogP contribution in [0.4, 0.5) is 0 Å².